The van der Waals surface area contributed by atoms with Crippen molar-refractivity contribution in [2.45, 2.75) is 45.1 Å². The second-order valence-corrected chi connectivity index (χ2v) is 6.18. The number of ether oxygens (including phenoxy) is 1. The Kier molecular flexibility index (Phi) is 5.93. The van der Waals surface area contributed by atoms with Gasteiger partial charge < -0.3 is 15.0 Å². The van der Waals surface area contributed by atoms with Gasteiger partial charge >= 0.3 is 0 Å². The van der Waals surface area contributed by atoms with Crippen LogP contribution in [-0.2, 0) is 4.74 Å². The molecule has 106 valence electrons. The van der Waals surface area contributed by atoms with Crippen molar-refractivity contribution in [1.82, 2.24) is 10.2 Å². The van der Waals surface area contributed by atoms with Crippen molar-refractivity contribution >= 4 is 0 Å². The van der Waals surface area contributed by atoms with E-state index in [2.05, 4.69) is 24.2 Å². The van der Waals surface area contributed by atoms with E-state index in [-0.39, 0.29) is 0 Å². The van der Waals surface area contributed by atoms with Gasteiger partial charge in [0.25, 0.3) is 0 Å². The molecule has 0 spiro atoms. The van der Waals surface area contributed by atoms with E-state index in [1.54, 1.807) is 0 Å². The lowest BCUT2D eigenvalue weighted by Crippen LogP contribution is -2.43. The Morgan fingerprint density at radius 3 is 2.56 bits per heavy atom. The number of nitrogens with zero attached hydrogens (tertiary/aromatic N) is 1. The van der Waals surface area contributed by atoms with Crippen LogP contribution in [0.3, 0.4) is 0 Å². The van der Waals surface area contributed by atoms with Crippen LogP contribution < -0.4 is 5.32 Å². The third kappa shape index (κ3) is 4.87. The molecule has 18 heavy (non-hydrogen) atoms. The normalized spacial score (nSPS) is 23.5. The monoisotopic (exact) mass is 254 g/mol. The Morgan fingerprint density at radius 2 is 1.94 bits per heavy atom. The summed E-state index contributed by atoms with van der Waals surface area (Å²) in [5.74, 6) is 1.81. The molecule has 3 nitrogen and oxygen atoms in total. The number of hydrogen-bond donors (Lipinski definition) is 1. The molecule has 1 saturated carbocycles. The molecule has 0 bridgehead atoms. The average Bonchev–Trinajstić information content (AvgIpc) is 3.20. The lowest BCUT2D eigenvalue weighted by molar-refractivity contribution is 0.0544. The van der Waals surface area contributed by atoms with E-state index in [0.29, 0.717) is 0 Å². The quantitative estimate of drug-likeness (QED) is 0.718. The van der Waals surface area contributed by atoms with Crippen LogP contribution >= 0.6 is 0 Å². The molecule has 1 aliphatic carbocycles. The minimum Gasteiger partial charge on any atom is -0.381 e. The lowest BCUT2D eigenvalue weighted by atomic mass is 9.99. The zero-order valence-electron chi connectivity index (χ0n) is 12.2. The van der Waals surface area contributed by atoms with Crippen LogP contribution in [0.2, 0.25) is 0 Å². The molecule has 1 unspecified atom stereocenters. The number of likely N-dealkylation sites (N-methyl/N-ethyl adjacent to an activating group) is 1. The molecule has 0 aromatic carbocycles. The topological polar surface area (TPSA) is 24.5 Å². The Bertz CT molecular complexity index is 225. The molecule has 0 amide bonds. The highest BCUT2D eigenvalue weighted by Gasteiger charge is 2.31. The van der Waals surface area contributed by atoms with E-state index < -0.39 is 0 Å². The standard InChI is InChI=1S/C15H30N2O/c1-3-8-16-15(14-4-5-14)12-17(2)11-13-6-9-18-10-7-13/h13-16H,3-12H2,1-2H3. The largest absolute Gasteiger partial charge is 0.381 e. The highest BCUT2D eigenvalue weighted by atomic mass is 16.5. The highest BCUT2D eigenvalue weighted by molar-refractivity contribution is 4.88. The van der Waals surface area contributed by atoms with E-state index in [9.17, 15) is 0 Å². The number of hydrogen-bond acceptors (Lipinski definition) is 3. The van der Waals surface area contributed by atoms with Crippen molar-refractivity contribution in [3.8, 4) is 0 Å². The molecule has 1 heterocycles. The molecule has 0 radical (unpaired) electrons. The van der Waals surface area contributed by atoms with E-state index in [1.807, 2.05) is 0 Å². The molecular formula is C15H30N2O. The maximum absolute atomic E-state index is 5.43. The fraction of sp³-hybridized carbons (Fsp3) is 1.00. The van der Waals surface area contributed by atoms with Gasteiger partial charge in [-0.15, -0.1) is 0 Å². The maximum Gasteiger partial charge on any atom is 0.0469 e. The van der Waals surface area contributed by atoms with Crippen LogP contribution in [0.4, 0.5) is 0 Å². The molecule has 0 aromatic heterocycles. The van der Waals surface area contributed by atoms with Gasteiger partial charge in [-0.2, -0.15) is 0 Å². The zero-order valence-corrected chi connectivity index (χ0v) is 12.2. The van der Waals surface area contributed by atoms with E-state index >= 15 is 0 Å². The predicted octanol–water partition coefficient (Wildman–Crippen LogP) is 2.12. The van der Waals surface area contributed by atoms with Crippen molar-refractivity contribution in [2.24, 2.45) is 11.8 Å². The van der Waals surface area contributed by atoms with Gasteiger partial charge in [0.15, 0.2) is 0 Å². The maximum atomic E-state index is 5.43. The van der Waals surface area contributed by atoms with E-state index in [4.69, 9.17) is 4.74 Å². The molecule has 2 rings (SSSR count). The average molecular weight is 254 g/mol. The molecule has 1 saturated heterocycles. The highest BCUT2D eigenvalue weighted by Crippen LogP contribution is 2.33. The Labute approximate surface area is 112 Å². The van der Waals surface area contributed by atoms with Crippen LogP contribution in [-0.4, -0.2) is 50.8 Å². The summed E-state index contributed by atoms with van der Waals surface area (Å²) in [6, 6.07) is 0.731. The van der Waals surface area contributed by atoms with E-state index in [1.165, 1.54) is 51.7 Å². The minimum absolute atomic E-state index is 0.731. The van der Waals surface area contributed by atoms with Crippen molar-refractivity contribution in [3.63, 3.8) is 0 Å². The summed E-state index contributed by atoms with van der Waals surface area (Å²) in [5.41, 5.74) is 0. The molecule has 2 fully saturated rings. The van der Waals surface area contributed by atoms with Gasteiger partial charge in [0, 0.05) is 32.3 Å². The molecule has 1 aliphatic heterocycles. The van der Waals surface area contributed by atoms with Gasteiger partial charge in [-0.1, -0.05) is 6.92 Å². The smallest absolute Gasteiger partial charge is 0.0469 e. The first-order valence-corrected chi connectivity index (χ1v) is 7.79. The summed E-state index contributed by atoms with van der Waals surface area (Å²) >= 11 is 0. The predicted molar refractivity (Wildman–Crippen MR) is 75.8 cm³/mol. The second-order valence-electron chi connectivity index (χ2n) is 6.18. The molecule has 1 atom stereocenters. The van der Waals surface area contributed by atoms with Crippen LogP contribution in [0.15, 0.2) is 0 Å². The molecule has 1 N–H and O–H groups in total. The molecular weight excluding hydrogens is 224 g/mol. The molecule has 0 aromatic rings. The second kappa shape index (κ2) is 7.46. The summed E-state index contributed by atoms with van der Waals surface area (Å²) in [6.45, 7) is 7.84. The summed E-state index contributed by atoms with van der Waals surface area (Å²) in [6.07, 6.45) is 6.62. The zero-order chi connectivity index (χ0) is 12.8. The Hall–Kier alpha value is -0.120. The van der Waals surface area contributed by atoms with Gasteiger partial charge in [-0.25, -0.2) is 0 Å². The third-order valence-electron chi connectivity index (χ3n) is 4.27. The van der Waals surface area contributed by atoms with Crippen LogP contribution in [0.1, 0.15) is 39.0 Å². The fourth-order valence-electron chi connectivity index (χ4n) is 2.99. The molecule has 3 heteroatoms. The van der Waals surface area contributed by atoms with Crippen molar-refractivity contribution < 1.29 is 4.74 Å². The first-order valence-electron chi connectivity index (χ1n) is 7.79. The summed E-state index contributed by atoms with van der Waals surface area (Å²) in [4.78, 5) is 2.54. The summed E-state index contributed by atoms with van der Waals surface area (Å²) < 4.78 is 5.43. The van der Waals surface area contributed by atoms with Gasteiger partial charge in [-0.05, 0) is 57.5 Å². The third-order valence-corrected chi connectivity index (χ3v) is 4.27. The van der Waals surface area contributed by atoms with Crippen molar-refractivity contribution in [1.29, 1.82) is 0 Å². The van der Waals surface area contributed by atoms with Gasteiger partial charge in [0.05, 0.1) is 0 Å². The number of nitrogens with one attached hydrogen (secondary N) is 1. The Morgan fingerprint density at radius 1 is 1.22 bits per heavy atom. The number of rotatable bonds is 8. The summed E-state index contributed by atoms with van der Waals surface area (Å²) in [5, 5.41) is 3.73. The lowest BCUT2D eigenvalue weighted by Gasteiger charge is -2.30. The fourth-order valence-corrected chi connectivity index (χ4v) is 2.99. The van der Waals surface area contributed by atoms with Crippen LogP contribution in [0, 0.1) is 11.8 Å². The first kappa shape index (κ1) is 14.3. The molecule has 2 aliphatic rings. The SMILES string of the molecule is CCCNC(CN(C)CC1CCOCC1)C1CC1. The van der Waals surface area contributed by atoms with Crippen molar-refractivity contribution in [2.75, 3.05) is 39.9 Å². The first-order chi connectivity index (χ1) is 8.79. The van der Waals surface area contributed by atoms with Gasteiger partial charge in [-0.3, -0.25) is 0 Å². The Balaban J connectivity index is 1.68. The van der Waals surface area contributed by atoms with Gasteiger partial charge in [0.2, 0.25) is 0 Å². The van der Waals surface area contributed by atoms with E-state index in [0.717, 1.165) is 31.1 Å². The summed E-state index contributed by atoms with van der Waals surface area (Å²) in [7, 11) is 2.29. The minimum atomic E-state index is 0.731. The van der Waals surface area contributed by atoms with Crippen molar-refractivity contribution in [3.05, 3.63) is 0 Å². The van der Waals surface area contributed by atoms with Gasteiger partial charge in [0.1, 0.15) is 0 Å². The van der Waals surface area contributed by atoms with Crippen LogP contribution in [0.5, 0.6) is 0 Å². The van der Waals surface area contributed by atoms with Crippen LogP contribution in [0.25, 0.3) is 0 Å².